The van der Waals surface area contributed by atoms with E-state index < -0.39 is 0 Å². The summed E-state index contributed by atoms with van der Waals surface area (Å²) in [5, 5.41) is 19.3. The van der Waals surface area contributed by atoms with Crippen LogP contribution in [-0.2, 0) is 0 Å². The quantitative estimate of drug-likeness (QED) is 0.0812. The lowest BCUT2D eigenvalue weighted by molar-refractivity contribution is 0.0951. The molecule has 6 aromatic rings. The van der Waals surface area contributed by atoms with Gasteiger partial charge < -0.3 is 25.4 Å². The van der Waals surface area contributed by atoms with E-state index in [4.69, 9.17) is 19.4 Å². The minimum atomic E-state index is -0.00546. The molecule has 1 saturated carbocycles. The Morgan fingerprint density at radius 1 is 0.721 bits per heavy atom. The maximum absolute atomic E-state index is 12.6. The van der Waals surface area contributed by atoms with E-state index in [1.807, 2.05) is 92.7 Å². The molecule has 1 aliphatic carbocycles. The number of ether oxygens (including phenoxy) is 2. The number of rotatable bonds is 17. The molecular weight excluding hydrogens is 761 g/mol. The van der Waals surface area contributed by atoms with E-state index in [9.17, 15) is 10.1 Å². The summed E-state index contributed by atoms with van der Waals surface area (Å²) < 4.78 is 10.9. The van der Waals surface area contributed by atoms with Gasteiger partial charge in [-0.25, -0.2) is 9.97 Å². The summed E-state index contributed by atoms with van der Waals surface area (Å²) >= 11 is 0. The molecule has 2 aromatic heterocycles. The van der Waals surface area contributed by atoms with Gasteiger partial charge in [-0.2, -0.15) is 5.26 Å². The highest BCUT2D eigenvalue weighted by molar-refractivity contribution is 5.94. The van der Waals surface area contributed by atoms with E-state index in [0.717, 1.165) is 88.5 Å². The molecule has 11 nitrogen and oxygen atoms in total. The van der Waals surface area contributed by atoms with E-state index in [2.05, 4.69) is 51.9 Å². The topological polar surface area (TPSA) is 147 Å². The van der Waals surface area contributed by atoms with Crippen LogP contribution in [0.3, 0.4) is 0 Å². The second kappa shape index (κ2) is 21.5. The Kier molecular flexibility index (Phi) is 15.4. The first-order valence-electron chi connectivity index (χ1n) is 21.1. The average Bonchev–Trinajstić information content (AvgIpc) is 4.13. The van der Waals surface area contributed by atoms with Crippen molar-refractivity contribution in [3.8, 4) is 40.1 Å². The predicted octanol–water partition coefficient (Wildman–Crippen LogP) is 10.8. The lowest BCUT2D eigenvalue weighted by Crippen LogP contribution is -2.25. The number of hydrogen-bond donors (Lipinski definition) is 3. The molecule has 0 radical (unpaired) electrons. The number of amides is 1. The minimum absolute atomic E-state index is 0.00546. The van der Waals surface area contributed by atoms with Crippen LogP contribution in [0.5, 0.6) is 11.5 Å². The van der Waals surface area contributed by atoms with Gasteiger partial charge in [0.15, 0.2) is 0 Å². The first kappa shape index (κ1) is 43.8. The fourth-order valence-electron chi connectivity index (χ4n) is 7.07. The third-order valence-corrected chi connectivity index (χ3v) is 10.7. The van der Waals surface area contributed by atoms with Crippen LogP contribution in [0.25, 0.3) is 22.5 Å². The normalized spacial score (nSPS) is 12.8. The summed E-state index contributed by atoms with van der Waals surface area (Å²) in [7, 11) is 3.34. The zero-order valence-electron chi connectivity index (χ0n) is 36.0. The average molecular weight is 817 g/mol. The molecule has 3 N–H and O–H groups in total. The standard InChI is InChI=1S/C27H32N4O2.C23H24N4O/c1-4-6-23(20-7-5-8-22(13-20)27(32)29-15-19-10-11-19)30-26-17-28-16-24(31-26)21-12-9-18(2)25(14-21)33-3;1-4-6-20(18-8-5-7-17(11-18)13-24)26-23-15-25-14-21(27-23)19-10-9-16(2)22(12-19)28-3/h5,7-9,12-14,16-17,19,23H,4,6,10-11,15H2,1-3H3,(H,29,32)(H,30,31);5,7-12,14-15,20H,4,6H2,1-3H3,(H,26,27). The maximum atomic E-state index is 12.6. The number of carbonyl (C=O) groups excluding carboxylic acids is 1. The molecule has 0 aliphatic heterocycles. The number of hydrogen-bond acceptors (Lipinski definition) is 10. The third kappa shape index (κ3) is 12.1. The Bertz CT molecular complexity index is 2440. The molecule has 2 atom stereocenters. The first-order valence-corrected chi connectivity index (χ1v) is 21.1. The van der Waals surface area contributed by atoms with Crippen molar-refractivity contribution in [3.05, 3.63) is 143 Å². The van der Waals surface area contributed by atoms with Crippen molar-refractivity contribution in [1.29, 1.82) is 5.26 Å². The van der Waals surface area contributed by atoms with Crippen LogP contribution in [0.1, 0.15) is 103 Å². The van der Waals surface area contributed by atoms with Gasteiger partial charge in [-0.3, -0.25) is 14.8 Å². The molecule has 1 aliphatic rings. The Labute approximate surface area is 360 Å². The highest BCUT2D eigenvalue weighted by Crippen LogP contribution is 2.31. The van der Waals surface area contributed by atoms with Crippen LogP contribution in [-0.4, -0.2) is 46.6 Å². The molecule has 2 unspecified atom stereocenters. The van der Waals surface area contributed by atoms with Crippen LogP contribution in [0.4, 0.5) is 11.6 Å². The number of nitrogens with zero attached hydrogens (tertiary/aromatic N) is 5. The highest BCUT2D eigenvalue weighted by atomic mass is 16.5. The molecule has 0 bridgehead atoms. The Balaban J connectivity index is 0.000000207. The van der Waals surface area contributed by atoms with Gasteiger partial charge >= 0.3 is 0 Å². The number of nitrogens with one attached hydrogen (secondary N) is 3. The molecular formula is C50H56N8O3. The summed E-state index contributed by atoms with van der Waals surface area (Å²) in [5.41, 5.74) is 9.12. The minimum Gasteiger partial charge on any atom is -0.496 e. The van der Waals surface area contributed by atoms with Crippen LogP contribution in [0.2, 0.25) is 0 Å². The summed E-state index contributed by atoms with van der Waals surface area (Å²) in [6.45, 7) is 9.09. The number of aryl methyl sites for hydroxylation is 2. The van der Waals surface area contributed by atoms with E-state index in [-0.39, 0.29) is 18.0 Å². The molecule has 7 rings (SSSR count). The number of carbonyl (C=O) groups is 1. The van der Waals surface area contributed by atoms with Crippen LogP contribution < -0.4 is 25.4 Å². The molecule has 11 heteroatoms. The zero-order chi connectivity index (χ0) is 43.1. The summed E-state index contributed by atoms with van der Waals surface area (Å²) in [5.74, 6) is 3.72. The fraction of sp³-hybridized carbons (Fsp3) is 0.320. The van der Waals surface area contributed by atoms with Crippen molar-refractivity contribution in [2.45, 2.75) is 78.3 Å². The molecule has 0 spiro atoms. The molecule has 1 amide bonds. The van der Waals surface area contributed by atoms with Crippen LogP contribution in [0.15, 0.2) is 110 Å². The molecule has 0 saturated heterocycles. The maximum Gasteiger partial charge on any atom is 0.251 e. The number of aromatic nitrogens is 4. The number of methoxy groups -OCH3 is 2. The molecule has 61 heavy (non-hydrogen) atoms. The highest BCUT2D eigenvalue weighted by Gasteiger charge is 2.22. The number of benzene rings is 4. The van der Waals surface area contributed by atoms with E-state index in [1.165, 1.54) is 12.8 Å². The molecule has 314 valence electrons. The zero-order valence-corrected chi connectivity index (χ0v) is 36.0. The Morgan fingerprint density at radius 2 is 1.25 bits per heavy atom. The Hall–Kier alpha value is -6.80. The molecule has 1 fully saturated rings. The predicted molar refractivity (Wildman–Crippen MR) is 243 cm³/mol. The van der Waals surface area contributed by atoms with E-state index in [1.54, 1.807) is 39.0 Å². The van der Waals surface area contributed by atoms with Crippen molar-refractivity contribution in [2.75, 3.05) is 31.4 Å². The van der Waals surface area contributed by atoms with Crippen molar-refractivity contribution >= 4 is 17.5 Å². The number of nitriles is 1. The van der Waals surface area contributed by atoms with Gasteiger partial charge in [-0.05, 0) is 104 Å². The molecule has 4 aromatic carbocycles. The van der Waals surface area contributed by atoms with Gasteiger partial charge in [0.1, 0.15) is 23.1 Å². The third-order valence-electron chi connectivity index (χ3n) is 10.7. The lowest BCUT2D eigenvalue weighted by Gasteiger charge is -2.20. The second-order valence-electron chi connectivity index (χ2n) is 15.4. The van der Waals surface area contributed by atoms with Crippen molar-refractivity contribution in [2.24, 2.45) is 5.92 Å². The second-order valence-corrected chi connectivity index (χ2v) is 15.4. The molecule has 2 heterocycles. The van der Waals surface area contributed by atoms with Gasteiger partial charge in [0, 0.05) is 23.2 Å². The van der Waals surface area contributed by atoms with Gasteiger partial charge in [0.05, 0.1) is 74.1 Å². The number of anilines is 2. The largest absolute Gasteiger partial charge is 0.496 e. The Morgan fingerprint density at radius 3 is 1.74 bits per heavy atom. The van der Waals surface area contributed by atoms with Gasteiger partial charge in [-0.1, -0.05) is 75.2 Å². The van der Waals surface area contributed by atoms with E-state index >= 15 is 0 Å². The van der Waals surface area contributed by atoms with Crippen molar-refractivity contribution in [1.82, 2.24) is 25.3 Å². The fourth-order valence-corrected chi connectivity index (χ4v) is 7.07. The summed E-state index contributed by atoms with van der Waals surface area (Å²) in [6, 6.07) is 29.9. The van der Waals surface area contributed by atoms with Gasteiger partial charge in [0.25, 0.3) is 5.91 Å². The summed E-state index contributed by atoms with van der Waals surface area (Å²) in [4.78, 5) is 30.9. The summed E-state index contributed by atoms with van der Waals surface area (Å²) in [6.07, 6.45) is 13.3. The van der Waals surface area contributed by atoms with Gasteiger partial charge in [0.2, 0.25) is 0 Å². The SMILES string of the molecule is CCCC(Nc1cncc(-c2ccc(C)c(OC)c2)n1)c1cccc(C#N)c1.CCCC(Nc1cncc(-c2ccc(C)c(OC)c2)n1)c1cccc(C(=O)NCC2CC2)c1. The van der Waals surface area contributed by atoms with E-state index in [0.29, 0.717) is 28.7 Å². The van der Waals surface area contributed by atoms with Gasteiger partial charge in [-0.15, -0.1) is 0 Å². The lowest BCUT2D eigenvalue weighted by atomic mass is 9.99. The first-order chi connectivity index (χ1) is 29.7. The van der Waals surface area contributed by atoms with Crippen LogP contribution >= 0.6 is 0 Å². The smallest absolute Gasteiger partial charge is 0.251 e. The monoisotopic (exact) mass is 816 g/mol. The van der Waals surface area contributed by atoms with Crippen LogP contribution in [0, 0.1) is 31.1 Å². The van der Waals surface area contributed by atoms with Crippen molar-refractivity contribution < 1.29 is 14.3 Å². The van der Waals surface area contributed by atoms with Crippen molar-refractivity contribution in [3.63, 3.8) is 0 Å².